The average Bonchev–Trinajstić information content (AvgIpc) is 3.38. The molecule has 0 aromatic rings. The summed E-state index contributed by atoms with van der Waals surface area (Å²) in [5.41, 5.74) is -3.07. The minimum atomic E-state index is -3.40. The maximum Gasteiger partial charge on any atom is 0.305 e. The summed E-state index contributed by atoms with van der Waals surface area (Å²) in [5.74, 6) is -4.98. The van der Waals surface area contributed by atoms with E-state index in [-0.39, 0.29) is 19.4 Å². The molecule has 11 heteroatoms. The van der Waals surface area contributed by atoms with Crippen molar-refractivity contribution in [2.45, 2.75) is 320 Å². The van der Waals surface area contributed by atoms with Crippen molar-refractivity contribution in [3.63, 3.8) is 0 Å². The summed E-state index contributed by atoms with van der Waals surface area (Å²) in [6, 6.07) is 0. The van der Waals surface area contributed by atoms with Gasteiger partial charge in [-0.15, -0.1) is 0 Å². The van der Waals surface area contributed by atoms with Gasteiger partial charge in [0.15, 0.2) is 0 Å². The Morgan fingerprint density at radius 3 is 1.40 bits per heavy atom. The third-order valence-electron chi connectivity index (χ3n) is 14.2. The number of carbonyl (C=O) groups excluding carboxylic acids is 2. The zero-order chi connectivity index (χ0) is 53.4. The van der Waals surface area contributed by atoms with E-state index in [2.05, 4.69) is 68.6 Å². The Bertz CT molecular complexity index is 1400. The van der Waals surface area contributed by atoms with Crippen molar-refractivity contribution in [3.05, 3.63) is 48.6 Å². The zero-order valence-electron chi connectivity index (χ0n) is 47.1. The Hall–Kier alpha value is -2.38. The van der Waals surface area contributed by atoms with Crippen LogP contribution in [-0.2, 0) is 23.8 Å². The number of hydrogen-bond donors (Lipinski definition) is 6. The van der Waals surface area contributed by atoms with Crippen LogP contribution in [0.25, 0.3) is 0 Å². The molecule has 1 aliphatic rings. The summed E-state index contributed by atoms with van der Waals surface area (Å²) < 4.78 is 17.2. The predicted octanol–water partition coefficient (Wildman–Crippen LogP) is 14.8. The molecule has 1 amide bonds. The first kappa shape index (κ1) is 68.6. The first-order chi connectivity index (χ1) is 35.5. The van der Waals surface area contributed by atoms with Crippen LogP contribution in [0.4, 0.5) is 0 Å². The van der Waals surface area contributed by atoms with Crippen LogP contribution in [0.3, 0.4) is 0 Å². The number of esters is 1. The lowest BCUT2D eigenvalue weighted by molar-refractivity contribution is -0.433. The van der Waals surface area contributed by atoms with Crippen LogP contribution in [-0.4, -0.2) is 86.7 Å². The number of ether oxygens (including phenoxy) is 3. The molecule has 0 radical (unpaired) electrons. The van der Waals surface area contributed by atoms with Gasteiger partial charge in [-0.2, -0.15) is 0 Å². The molecule has 0 bridgehead atoms. The van der Waals surface area contributed by atoms with Gasteiger partial charge in [0.25, 0.3) is 5.91 Å². The van der Waals surface area contributed by atoms with Crippen LogP contribution < -0.4 is 5.32 Å². The SMILES string of the molecule is CCCCC/C=C\C/C=C\CCCCCCCC(=O)OC[C@H]1O[C@@H](OCCC/C=C\CC/C=C\CCCCCCCCC)[C@@](O)(NC(=O)[C@H](O)CCCCCCCCCCCCCCCCCC)C(O)(O)[C@@H]1O. The molecule has 426 valence electrons. The van der Waals surface area contributed by atoms with Crippen LogP contribution in [0.1, 0.15) is 284 Å². The van der Waals surface area contributed by atoms with Crippen LogP contribution in [0.2, 0.25) is 0 Å². The molecule has 1 saturated heterocycles. The van der Waals surface area contributed by atoms with E-state index in [1.807, 2.05) is 6.08 Å². The quantitative estimate of drug-likeness (QED) is 0.0149. The van der Waals surface area contributed by atoms with E-state index in [1.54, 1.807) is 0 Å². The monoisotopic (exact) mass is 1030 g/mol. The number of unbranched alkanes of at least 4 members (excludes halogenated alkanes) is 32. The van der Waals surface area contributed by atoms with Crippen molar-refractivity contribution in [2.75, 3.05) is 13.2 Å². The topological polar surface area (TPSA) is 175 Å². The Balaban J connectivity index is 2.63. The standard InChI is InChI=1S/C62H113NO10/c1-4-7-10-13-16-19-22-25-28-31-33-36-39-42-45-48-51-55(64)59(67)63-61(68)60(71-53-50-47-44-41-38-35-32-29-26-23-20-17-14-11-8-5-2)73-56(58(66)62(61,69)70)54-72-57(65)52-49-46-43-40-37-34-30-27-24-21-18-15-12-9-6-3/h18,21,27,29-30,32,41,44,55-56,58,60,64,66,68-70H,4-17,19-20,22-26,28,31,33-40,42-43,45-54H2,1-3H3,(H,63,67)/b21-18-,30-27-,32-29-,44-41-/t55-,56-,58-,60-,61+/m1/s1. The van der Waals surface area contributed by atoms with Crippen LogP contribution in [0, 0.1) is 0 Å². The molecule has 1 aliphatic heterocycles. The molecule has 0 aromatic heterocycles. The molecule has 0 spiro atoms. The first-order valence-electron chi connectivity index (χ1n) is 30.4. The highest BCUT2D eigenvalue weighted by Gasteiger charge is 2.67. The van der Waals surface area contributed by atoms with Gasteiger partial charge in [0, 0.05) is 6.42 Å². The number of hydrogen-bond acceptors (Lipinski definition) is 10. The van der Waals surface area contributed by atoms with Crippen molar-refractivity contribution < 1.29 is 49.3 Å². The summed E-state index contributed by atoms with van der Waals surface area (Å²) >= 11 is 0. The maximum absolute atomic E-state index is 13.3. The van der Waals surface area contributed by atoms with Crippen molar-refractivity contribution in [3.8, 4) is 0 Å². The minimum Gasteiger partial charge on any atom is -0.463 e. The lowest BCUT2D eigenvalue weighted by atomic mass is 9.88. The Morgan fingerprint density at radius 2 is 0.904 bits per heavy atom. The van der Waals surface area contributed by atoms with Crippen LogP contribution in [0.15, 0.2) is 48.6 Å². The van der Waals surface area contributed by atoms with E-state index in [0.29, 0.717) is 25.7 Å². The number of carbonyl (C=O) groups is 2. The highest BCUT2D eigenvalue weighted by atomic mass is 16.7. The van der Waals surface area contributed by atoms with Gasteiger partial charge in [-0.1, -0.05) is 243 Å². The Labute approximate surface area is 446 Å². The number of rotatable bonds is 51. The zero-order valence-corrected chi connectivity index (χ0v) is 47.1. The van der Waals surface area contributed by atoms with Gasteiger partial charge in [0.1, 0.15) is 24.9 Å². The molecule has 1 fully saturated rings. The van der Waals surface area contributed by atoms with E-state index >= 15 is 0 Å². The number of nitrogens with one attached hydrogen (secondary N) is 1. The molecule has 5 atom stereocenters. The maximum atomic E-state index is 13.3. The number of allylic oxidation sites excluding steroid dienone is 8. The van der Waals surface area contributed by atoms with E-state index in [0.717, 1.165) is 89.9 Å². The summed E-state index contributed by atoms with van der Waals surface area (Å²) in [4.78, 5) is 26.1. The average molecular weight is 1030 g/mol. The van der Waals surface area contributed by atoms with Crippen LogP contribution >= 0.6 is 0 Å². The van der Waals surface area contributed by atoms with Gasteiger partial charge in [0.05, 0.1) is 6.61 Å². The normalized spacial score (nSPS) is 19.5. The predicted molar refractivity (Wildman–Crippen MR) is 301 cm³/mol. The molecule has 73 heavy (non-hydrogen) atoms. The van der Waals surface area contributed by atoms with Gasteiger partial charge in [-0.3, -0.25) is 9.59 Å². The van der Waals surface area contributed by atoms with Crippen molar-refractivity contribution in [1.29, 1.82) is 0 Å². The molecule has 0 aliphatic carbocycles. The molecule has 11 nitrogen and oxygen atoms in total. The molecular weight excluding hydrogens is 919 g/mol. The molecule has 1 heterocycles. The van der Waals surface area contributed by atoms with Crippen molar-refractivity contribution >= 4 is 11.9 Å². The van der Waals surface area contributed by atoms with Crippen molar-refractivity contribution in [2.24, 2.45) is 0 Å². The van der Waals surface area contributed by atoms with Crippen molar-refractivity contribution in [1.82, 2.24) is 5.32 Å². The third kappa shape index (κ3) is 35.6. The fourth-order valence-corrected chi connectivity index (χ4v) is 9.32. The highest BCUT2D eigenvalue weighted by molar-refractivity contribution is 5.81. The second-order valence-corrected chi connectivity index (χ2v) is 21.1. The third-order valence-corrected chi connectivity index (χ3v) is 14.2. The second kappa shape index (κ2) is 48.0. The van der Waals surface area contributed by atoms with Crippen LogP contribution in [0.5, 0.6) is 0 Å². The van der Waals surface area contributed by atoms with Gasteiger partial charge in [0.2, 0.25) is 17.8 Å². The van der Waals surface area contributed by atoms with Gasteiger partial charge in [-0.25, -0.2) is 0 Å². The van der Waals surface area contributed by atoms with Gasteiger partial charge >= 0.3 is 5.97 Å². The van der Waals surface area contributed by atoms with E-state index in [4.69, 9.17) is 14.2 Å². The number of aliphatic hydroxyl groups excluding tert-OH is 2. The minimum absolute atomic E-state index is 0.00120. The molecule has 0 aromatic carbocycles. The van der Waals surface area contributed by atoms with E-state index < -0.39 is 54.6 Å². The van der Waals surface area contributed by atoms with Gasteiger partial charge < -0.3 is 45.1 Å². The summed E-state index contributed by atoms with van der Waals surface area (Å²) in [7, 11) is 0. The largest absolute Gasteiger partial charge is 0.463 e. The lowest BCUT2D eigenvalue weighted by Crippen LogP contribution is -2.81. The molecule has 6 N–H and O–H groups in total. The molecular formula is C62H113NO10. The number of aliphatic hydroxyl groups is 5. The highest BCUT2D eigenvalue weighted by Crippen LogP contribution is 2.36. The number of amides is 1. The summed E-state index contributed by atoms with van der Waals surface area (Å²) in [5, 5.41) is 58.6. The van der Waals surface area contributed by atoms with E-state index in [1.165, 1.54) is 135 Å². The first-order valence-corrected chi connectivity index (χ1v) is 30.4. The lowest BCUT2D eigenvalue weighted by Gasteiger charge is -2.51. The van der Waals surface area contributed by atoms with Gasteiger partial charge in [-0.05, 0) is 83.5 Å². The second-order valence-electron chi connectivity index (χ2n) is 21.1. The molecule has 1 rings (SSSR count). The summed E-state index contributed by atoms with van der Waals surface area (Å²) in [6.45, 7) is 6.18. The summed E-state index contributed by atoms with van der Waals surface area (Å²) in [6.07, 6.45) is 54.6. The Morgan fingerprint density at radius 1 is 0.521 bits per heavy atom. The smallest absolute Gasteiger partial charge is 0.305 e. The van der Waals surface area contributed by atoms with E-state index in [9.17, 15) is 35.1 Å². The molecule has 0 saturated carbocycles. The fourth-order valence-electron chi connectivity index (χ4n) is 9.32. The molecule has 0 unspecified atom stereocenters. The fraction of sp³-hybridized carbons (Fsp3) is 0.839. The Kier molecular flexibility index (Phi) is 45.2.